The van der Waals surface area contributed by atoms with E-state index in [2.05, 4.69) is 15.9 Å². The van der Waals surface area contributed by atoms with Gasteiger partial charge in [-0.1, -0.05) is 26.0 Å². The summed E-state index contributed by atoms with van der Waals surface area (Å²) in [6, 6.07) is 8.85. The summed E-state index contributed by atoms with van der Waals surface area (Å²) in [6.07, 6.45) is 0.978. The molecule has 0 saturated heterocycles. The Morgan fingerprint density at radius 2 is 1.74 bits per heavy atom. The number of nitrogens with zero attached hydrogens (tertiary/aromatic N) is 2. The van der Waals surface area contributed by atoms with Crippen LogP contribution < -0.4 is 0 Å². The molecule has 0 aliphatic heterocycles. The van der Waals surface area contributed by atoms with Crippen molar-refractivity contribution in [2.45, 2.75) is 38.1 Å². The lowest BCUT2D eigenvalue weighted by Crippen LogP contribution is -2.30. The van der Waals surface area contributed by atoms with Crippen molar-refractivity contribution in [3.63, 3.8) is 0 Å². The van der Waals surface area contributed by atoms with Gasteiger partial charge in [-0.2, -0.15) is 4.31 Å². The number of rotatable bonds is 9. The Labute approximate surface area is 174 Å². The summed E-state index contributed by atoms with van der Waals surface area (Å²) in [6.45, 7) is 5.13. The average Bonchev–Trinajstić information content (AvgIpc) is 3.05. The molecule has 148 valence electrons. The second-order valence-electron chi connectivity index (χ2n) is 6.24. The first-order chi connectivity index (χ1) is 12.8. The van der Waals surface area contributed by atoms with Gasteiger partial charge in [0.05, 0.1) is 8.68 Å². The molecule has 0 aliphatic carbocycles. The van der Waals surface area contributed by atoms with Gasteiger partial charge >= 0.3 is 0 Å². The Morgan fingerprint density at radius 3 is 2.26 bits per heavy atom. The second-order valence-corrected chi connectivity index (χ2v) is 10.5. The molecule has 0 saturated carbocycles. The summed E-state index contributed by atoms with van der Waals surface area (Å²) < 4.78 is 27.5. The molecule has 1 amide bonds. The predicted molar refractivity (Wildman–Crippen MR) is 113 cm³/mol. The third-order valence-corrected chi connectivity index (χ3v) is 7.98. The van der Waals surface area contributed by atoms with Crippen LogP contribution in [0.4, 0.5) is 0 Å². The van der Waals surface area contributed by atoms with Gasteiger partial charge in [0.25, 0.3) is 0 Å². The molecule has 0 aliphatic rings. The number of carbonyl (C=O) groups is 1. The average molecular weight is 473 g/mol. The number of carbonyl (C=O) groups excluding carboxylic acids is 1. The van der Waals surface area contributed by atoms with E-state index in [1.807, 2.05) is 25.3 Å². The van der Waals surface area contributed by atoms with Gasteiger partial charge in [-0.15, -0.1) is 11.3 Å². The fraction of sp³-hybridized carbons (Fsp3) is 0.421. The first-order valence-electron chi connectivity index (χ1n) is 8.83. The summed E-state index contributed by atoms with van der Waals surface area (Å²) in [5.74, 6) is 0.0668. The molecular weight excluding hydrogens is 448 g/mol. The molecule has 2 aromatic rings. The summed E-state index contributed by atoms with van der Waals surface area (Å²) in [5, 5.41) is 2.03. The van der Waals surface area contributed by atoms with E-state index in [1.54, 1.807) is 47.5 Å². The van der Waals surface area contributed by atoms with Gasteiger partial charge in [0.15, 0.2) is 0 Å². The van der Waals surface area contributed by atoms with Gasteiger partial charge in [0.1, 0.15) is 0 Å². The van der Waals surface area contributed by atoms with Crippen molar-refractivity contribution < 1.29 is 13.2 Å². The molecule has 27 heavy (non-hydrogen) atoms. The second kappa shape index (κ2) is 9.82. The van der Waals surface area contributed by atoms with E-state index in [0.29, 0.717) is 37.4 Å². The molecule has 0 atom stereocenters. The minimum absolute atomic E-state index is 0.0668. The van der Waals surface area contributed by atoms with Crippen molar-refractivity contribution in [3.8, 4) is 0 Å². The number of halogens is 1. The first kappa shape index (κ1) is 22.1. The summed E-state index contributed by atoms with van der Waals surface area (Å²) in [4.78, 5) is 14.3. The molecule has 1 aromatic carbocycles. The van der Waals surface area contributed by atoms with E-state index in [-0.39, 0.29) is 5.91 Å². The van der Waals surface area contributed by atoms with Crippen LogP contribution in [-0.2, 0) is 27.8 Å². The van der Waals surface area contributed by atoms with Crippen molar-refractivity contribution >= 4 is 43.2 Å². The van der Waals surface area contributed by atoms with E-state index in [4.69, 9.17) is 0 Å². The molecule has 2 rings (SSSR count). The van der Waals surface area contributed by atoms with Gasteiger partial charge < -0.3 is 4.90 Å². The Kier molecular flexibility index (Phi) is 8.03. The Balaban J connectivity index is 1.93. The number of sulfonamides is 1. The van der Waals surface area contributed by atoms with Gasteiger partial charge in [-0.05, 0) is 57.1 Å². The number of thiophene rings is 1. The van der Waals surface area contributed by atoms with E-state index in [0.717, 1.165) is 14.9 Å². The Hall–Kier alpha value is -1.22. The smallest absolute Gasteiger partial charge is 0.243 e. The number of hydrogen-bond acceptors (Lipinski definition) is 4. The normalized spacial score (nSPS) is 11.7. The van der Waals surface area contributed by atoms with Crippen LogP contribution in [-0.4, -0.2) is 43.7 Å². The van der Waals surface area contributed by atoms with Gasteiger partial charge in [0, 0.05) is 33.1 Å². The van der Waals surface area contributed by atoms with E-state index in [1.165, 1.54) is 4.31 Å². The van der Waals surface area contributed by atoms with Crippen LogP contribution in [0.2, 0.25) is 0 Å². The fourth-order valence-electron chi connectivity index (χ4n) is 2.77. The number of aryl methyl sites for hydroxylation is 1. The zero-order valence-electron chi connectivity index (χ0n) is 15.8. The summed E-state index contributed by atoms with van der Waals surface area (Å²) in [5.41, 5.74) is 2.06. The lowest BCUT2D eigenvalue weighted by Gasteiger charge is -2.18. The SMILES string of the molecule is CCN(CC)S(=O)(=O)c1ccc(CCC(=O)N(C)Cc2csc(Br)c2)cc1. The molecule has 1 heterocycles. The minimum Gasteiger partial charge on any atom is -0.341 e. The third kappa shape index (κ3) is 5.88. The van der Waals surface area contributed by atoms with Crippen molar-refractivity contribution in [1.82, 2.24) is 9.21 Å². The Bertz CT molecular complexity index is 859. The summed E-state index contributed by atoms with van der Waals surface area (Å²) in [7, 11) is -1.64. The van der Waals surface area contributed by atoms with Gasteiger partial charge in [-0.25, -0.2) is 8.42 Å². The maximum atomic E-state index is 12.5. The van der Waals surface area contributed by atoms with Crippen LogP contribution in [0.5, 0.6) is 0 Å². The van der Waals surface area contributed by atoms with E-state index < -0.39 is 10.0 Å². The zero-order valence-corrected chi connectivity index (χ0v) is 19.0. The molecule has 0 fully saturated rings. The quantitative estimate of drug-likeness (QED) is 0.550. The van der Waals surface area contributed by atoms with E-state index >= 15 is 0 Å². The monoisotopic (exact) mass is 472 g/mol. The van der Waals surface area contributed by atoms with Crippen LogP contribution in [0.15, 0.2) is 44.4 Å². The fourth-order valence-corrected chi connectivity index (χ4v) is 5.43. The van der Waals surface area contributed by atoms with Crippen LogP contribution in [0.25, 0.3) is 0 Å². The maximum absolute atomic E-state index is 12.5. The number of amides is 1. The highest BCUT2D eigenvalue weighted by Gasteiger charge is 2.21. The van der Waals surface area contributed by atoms with Gasteiger partial charge in [0.2, 0.25) is 15.9 Å². The highest BCUT2D eigenvalue weighted by atomic mass is 79.9. The molecule has 0 spiro atoms. The highest BCUT2D eigenvalue weighted by Crippen LogP contribution is 2.22. The van der Waals surface area contributed by atoms with Crippen LogP contribution in [0.3, 0.4) is 0 Å². The van der Waals surface area contributed by atoms with Crippen molar-refractivity contribution in [2.24, 2.45) is 0 Å². The Morgan fingerprint density at radius 1 is 1.11 bits per heavy atom. The molecule has 0 N–H and O–H groups in total. The standard InChI is InChI=1S/C19H25BrN2O3S2/c1-4-22(5-2)27(24,25)17-9-6-15(7-10-17)8-11-19(23)21(3)13-16-12-18(20)26-14-16/h6-7,9-10,12,14H,4-5,8,11,13H2,1-3H3. The van der Waals surface area contributed by atoms with Crippen LogP contribution in [0, 0.1) is 0 Å². The van der Waals surface area contributed by atoms with Crippen molar-refractivity contribution in [1.29, 1.82) is 0 Å². The molecule has 1 aromatic heterocycles. The summed E-state index contributed by atoms with van der Waals surface area (Å²) >= 11 is 5.03. The number of benzene rings is 1. The maximum Gasteiger partial charge on any atom is 0.243 e. The predicted octanol–water partition coefficient (Wildman–Crippen LogP) is 4.13. The molecule has 5 nitrogen and oxygen atoms in total. The lowest BCUT2D eigenvalue weighted by atomic mass is 10.1. The largest absolute Gasteiger partial charge is 0.341 e. The lowest BCUT2D eigenvalue weighted by molar-refractivity contribution is -0.130. The van der Waals surface area contributed by atoms with Crippen molar-refractivity contribution in [3.05, 3.63) is 50.6 Å². The van der Waals surface area contributed by atoms with Crippen LogP contribution in [0.1, 0.15) is 31.4 Å². The molecule has 0 bridgehead atoms. The topological polar surface area (TPSA) is 57.7 Å². The molecule has 0 unspecified atom stereocenters. The molecule has 8 heteroatoms. The molecular formula is C19H25BrN2O3S2. The minimum atomic E-state index is -3.44. The highest BCUT2D eigenvalue weighted by molar-refractivity contribution is 9.11. The van der Waals surface area contributed by atoms with Gasteiger partial charge in [-0.3, -0.25) is 4.79 Å². The van der Waals surface area contributed by atoms with Crippen LogP contribution >= 0.6 is 27.3 Å². The zero-order chi connectivity index (χ0) is 20.0. The first-order valence-corrected chi connectivity index (χ1v) is 11.9. The third-order valence-electron chi connectivity index (χ3n) is 4.36. The molecule has 0 radical (unpaired) electrons. The number of hydrogen-bond donors (Lipinski definition) is 0. The van der Waals surface area contributed by atoms with E-state index in [9.17, 15) is 13.2 Å². The van der Waals surface area contributed by atoms with Crippen molar-refractivity contribution in [2.75, 3.05) is 20.1 Å².